The lowest BCUT2D eigenvalue weighted by molar-refractivity contribution is 0.0258. The van der Waals surface area contributed by atoms with Crippen molar-refractivity contribution in [2.45, 2.75) is 71.8 Å². The van der Waals surface area contributed by atoms with Gasteiger partial charge < -0.3 is 9.47 Å². The quantitative estimate of drug-likeness (QED) is 0.414. The molecule has 4 nitrogen and oxygen atoms in total. The summed E-state index contributed by atoms with van der Waals surface area (Å²) in [5.41, 5.74) is 0.565. The second-order valence-electron chi connectivity index (χ2n) is 5.97. The molecule has 0 saturated carbocycles. The Morgan fingerprint density at radius 3 is 2.12 bits per heavy atom. The van der Waals surface area contributed by atoms with E-state index in [1.165, 1.54) is 0 Å². The molecule has 0 saturated heterocycles. The van der Waals surface area contributed by atoms with Gasteiger partial charge in [0, 0.05) is 0 Å². The van der Waals surface area contributed by atoms with Gasteiger partial charge in [0.05, 0.1) is 17.7 Å². The second-order valence-corrected chi connectivity index (χ2v) is 5.97. The Hall–Kier alpha value is -1.84. The van der Waals surface area contributed by atoms with Crippen LogP contribution in [0.3, 0.4) is 0 Å². The molecule has 1 aromatic rings. The molecule has 0 radical (unpaired) electrons. The molecular weight excluding hydrogens is 304 g/mol. The predicted molar refractivity (Wildman–Crippen MR) is 95.3 cm³/mol. The molecule has 0 aliphatic rings. The first-order valence-electron chi connectivity index (χ1n) is 9.11. The van der Waals surface area contributed by atoms with Crippen molar-refractivity contribution in [1.82, 2.24) is 0 Å². The molecular formula is C20H30O4. The molecule has 0 bridgehead atoms. The van der Waals surface area contributed by atoms with Crippen molar-refractivity contribution in [3.05, 3.63) is 35.4 Å². The summed E-state index contributed by atoms with van der Waals surface area (Å²) in [4.78, 5) is 24.7. The molecule has 0 aliphatic heterocycles. The second kappa shape index (κ2) is 11.7. The number of hydrogen-bond acceptors (Lipinski definition) is 4. The molecule has 4 heteroatoms. The first-order chi connectivity index (χ1) is 11.6. The summed E-state index contributed by atoms with van der Waals surface area (Å²) in [6.45, 7) is 6.55. The Morgan fingerprint density at radius 2 is 1.54 bits per heavy atom. The molecule has 1 rings (SSSR count). The predicted octanol–water partition coefficient (Wildman–Crippen LogP) is 5.16. The molecule has 1 atom stereocenters. The van der Waals surface area contributed by atoms with Crippen LogP contribution in [0.15, 0.2) is 24.3 Å². The van der Waals surface area contributed by atoms with Gasteiger partial charge >= 0.3 is 11.9 Å². The van der Waals surface area contributed by atoms with Gasteiger partial charge in [0.2, 0.25) is 0 Å². The molecule has 0 unspecified atom stereocenters. The van der Waals surface area contributed by atoms with Gasteiger partial charge in [0.1, 0.15) is 6.10 Å². The molecule has 0 aromatic heterocycles. The summed E-state index contributed by atoms with van der Waals surface area (Å²) in [7, 11) is 0. The Morgan fingerprint density at radius 1 is 0.917 bits per heavy atom. The Labute approximate surface area is 145 Å². The van der Waals surface area contributed by atoms with E-state index in [0.29, 0.717) is 6.61 Å². The molecule has 0 spiro atoms. The van der Waals surface area contributed by atoms with Crippen LogP contribution in [0.5, 0.6) is 0 Å². The topological polar surface area (TPSA) is 52.6 Å². The SMILES string of the molecule is CCCCC[C@@H](CC)OC(=O)c1ccccc1C(=O)OCCCC. The van der Waals surface area contributed by atoms with Gasteiger partial charge in [-0.25, -0.2) is 9.59 Å². The number of esters is 2. The van der Waals surface area contributed by atoms with Gasteiger partial charge in [-0.2, -0.15) is 0 Å². The average molecular weight is 334 g/mol. The fraction of sp³-hybridized carbons (Fsp3) is 0.600. The monoisotopic (exact) mass is 334 g/mol. The van der Waals surface area contributed by atoms with E-state index in [-0.39, 0.29) is 17.2 Å². The van der Waals surface area contributed by atoms with E-state index in [2.05, 4.69) is 6.92 Å². The van der Waals surface area contributed by atoms with Gasteiger partial charge in [0.25, 0.3) is 0 Å². The highest BCUT2D eigenvalue weighted by Gasteiger charge is 2.21. The molecule has 0 fully saturated rings. The number of ether oxygens (including phenoxy) is 2. The maximum absolute atomic E-state index is 12.5. The van der Waals surface area contributed by atoms with Crippen molar-refractivity contribution >= 4 is 11.9 Å². The Balaban J connectivity index is 2.74. The van der Waals surface area contributed by atoms with Crippen LogP contribution in [-0.4, -0.2) is 24.6 Å². The first-order valence-corrected chi connectivity index (χ1v) is 9.11. The van der Waals surface area contributed by atoms with Crippen LogP contribution in [0.1, 0.15) is 86.4 Å². The summed E-state index contributed by atoms with van der Waals surface area (Å²) in [5, 5.41) is 0. The zero-order chi connectivity index (χ0) is 17.8. The van der Waals surface area contributed by atoms with Gasteiger partial charge in [-0.15, -0.1) is 0 Å². The lowest BCUT2D eigenvalue weighted by atomic mass is 10.1. The van der Waals surface area contributed by atoms with Crippen molar-refractivity contribution < 1.29 is 19.1 Å². The third-order valence-corrected chi connectivity index (χ3v) is 3.96. The average Bonchev–Trinajstić information content (AvgIpc) is 2.61. The van der Waals surface area contributed by atoms with Crippen molar-refractivity contribution in [3.8, 4) is 0 Å². The number of benzene rings is 1. The minimum atomic E-state index is -0.463. The summed E-state index contributed by atoms with van der Waals surface area (Å²) in [6.07, 6.45) is 6.61. The summed E-state index contributed by atoms with van der Waals surface area (Å²) >= 11 is 0. The van der Waals surface area contributed by atoms with E-state index in [1.807, 2.05) is 13.8 Å². The molecule has 0 aliphatic carbocycles. The standard InChI is InChI=1S/C20H30O4/c1-4-7-9-12-16(6-3)24-20(22)18-14-11-10-13-17(18)19(21)23-15-8-5-2/h10-11,13-14,16H,4-9,12,15H2,1-3H3/t16-/m1/s1. The summed E-state index contributed by atoms with van der Waals surface area (Å²) in [6, 6.07) is 6.70. The lowest BCUT2D eigenvalue weighted by Crippen LogP contribution is -2.20. The van der Waals surface area contributed by atoms with Crippen molar-refractivity contribution in [1.29, 1.82) is 0 Å². The largest absolute Gasteiger partial charge is 0.462 e. The maximum Gasteiger partial charge on any atom is 0.339 e. The number of unbranched alkanes of at least 4 members (excludes halogenated alkanes) is 3. The molecule has 134 valence electrons. The lowest BCUT2D eigenvalue weighted by Gasteiger charge is -2.17. The van der Waals surface area contributed by atoms with Crippen LogP contribution in [0.4, 0.5) is 0 Å². The smallest absolute Gasteiger partial charge is 0.339 e. The van der Waals surface area contributed by atoms with E-state index in [4.69, 9.17) is 9.47 Å². The van der Waals surface area contributed by atoms with Gasteiger partial charge in [-0.1, -0.05) is 52.2 Å². The number of rotatable bonds is 11. The van der Waals surface area contributed by atoms with Crippen LogP contribution in [0.2, 0.25) is 0 Å². The maximum atomic E-state index is 12.5. The van der Waals surface area contributed by atoms with Crippen LogP contribution < -0.4 is 0 Å². The Bertz CT molecular complexity index is 510. The number of carbonyl (C=O) groups is 2. The van der Waals surface area contributed by atoms with Crippen LogP contribution >= 0.6 is 0 Å². The van der Waals surface area contributed by atoms with E-state index in [0.717, 1.165) is 44.9 Å². The van der Waals surface area contributed by atoms with Crippen molar-refractivity contribution in [2.75, 3.05) is 6.61 Å². The van der Waals surface area contributed by atoms with E-state index in [9.17, 15) is 9.59 Å². The fourth-order valence-corrected chi connectivity index (χ4v) is 2.41. The first kappa shape index (κ1) is 20.2. The molecule has 0 heterocycles. The molecule has 1 aromatic carbocycles. The van der Waals surface area contributed by atoms with Crippen LogP contribution in [-0.2, 0) is 9.47 Å². The zero-order valence-corrected chi connectivity index (χ0v) is 15.2. The van der Waals surface area contributed by atoms with Gasteiger partial charge in [-0.05, 0) is 37.8 Å². The number of hydrogen-bond donors (Lipinski definition) is 0. The minimum Gasteiger partial charge on any atom is -0.462 e. The fourth-order valence-electron chi connectivity index (χ4n) is 2.41. The third kappa shape index (κ3) is 6.73. The van der Waals surface area contributed by atoms with Crippen molar-refractivity contribution in [3.63, 3.8) is 0 Å². The van der Waals surface area contributed by atoms with Gasteiger partial charge in [0.15, 0.2) is 0 Å². The molecule has 0 amide bonds. The summed E-state index contributed by atoms with van der Waals surface area (Å²) in [5.74, 6) is -0.906. The van der Waals surface area contributed by atoms with E-state index >= 15 is 0 Å². The highest BCUT2D eigenvalue weighted by atomic mass is 16.5. The molecule has 0 N–H and O–H groups in total. The van der Waals surface area contributed by atoms with Crippen molar-refractivity contribution in [2.24, 2.45) is 0 Å². The highest BCUT2D eigenvalue weighted by Crippen LogP contribution is 2.16. The number of carbonyl (C=O) groups excluding carboxylic acids is 2. The normalized spacial score (nSPS) is 11.8. The van der Waals surface area contributed by atoms with Gasteiger partial charge in [-0.3, -0.25) is 0 Å². The Kier molecular flexibility index (Phi) is 9.81. The summed E-state index contributed by atoms with van der Waals surface area (Å²) < 4.78 is 10.8. The third-order valence-electron chi connectivity index (χ3n) is 3.96. The minimum absolute atomic E-state index is 0.104. The van der Waals surface area contributed by atoms with E-state index < -0.39 is 11.9 Å². The zero-order valence-electron chi connectivity index (χ0n) is 15.2. The van der Waals surface area contributed by atoms with E-state index in [1.54, 1.807) is 24.3 Å². The van der Waals surface area contributed by atoms with Crippen LogP contribution in [0, 0.1) is 0 Å². The molecule has 24 heavy (non-hydrogen) atoms. The van der Waals surface area contributed by atoms with Crippen LogP contribution in [0.25, 0.3) is 0 Å². The highest BCUT2D eigenvalue weighted by molar-refractivity contribution is 6.03.